The summed E-state index contributed by atoms with van der Waals surface area (Å²) >= 11 is 1.00. The first-order chi connectivity index (χ1) is 8.77. The third-order valence-electron chi connectivity index (χ3n) is 2.64. The van der Waals surface area contributed by atoms with E-state index in [4.69, 9.17) is 4.42 Å². The van der Waals surface area contributed by atoms with E-state index in [2.05, 4.69) is 8.75 Å². The van der Waals surface area contributed by atoms with Gasteiger partial charge in [0.2, 0.25) is 5.43 Å². The summed E-state index contributed by atoms with van der Waals surface area (Å²) in [5, 5.41) is 0. The summed E-state index contributed by atoms with van der Waals surface area (Å²) in [7, 11) is 1.87. The molecule has 0 saturated carbocycles. The summed E-state index contributed by atoms with van der Waals surface area (Å²) in [6.45, 7) is 0. The molecule has 0 aliphatic rings. The molecule has 0 aromatic carbocycles. The van der Waals surface area contributed by atoms with Gasteiger partial charge in [0.25, 0.3) is 0 Å². The highest BCUT2D eigenvalue weighted by molar-refractivity contribution is 6.99. The molecule has 18 heavy (non-hydrogen) atoms. The lowest BCUT2D eigenvalue weighted by atomic mass is 10.2. The molecule has 3 rings (SSSR count). The van der Waals surface area contributed by atoms with Crippen LogP contribution in [0.15, 0.2) is 45.9 Å². The molecule has 0 saturated heterocycles. The molecule has 0 aliphatic carbocycles. The second kappa shape index (κ2) is 4.23. The standard InChI is InChI=1S/C12H9N3O2S/c1-15-6-2-4-8(15)10-12(16)11(14-18-13-10)9-5-3-7-17-9/h2-7H,1H3. The molecule has 0 amide bonds. The van der Waals surface area contributed by atoms with E-state index in [0.717, 1.165) is 17.4 Å². The van der Waals surface area contributed by atoms with Gasteiger partial charge >= 0.3 is 0 Å². The third-order valence-corrected chi connectivity index (χ3v) is 3.16. The van der Waals surface area contributed by atoms with Crippen molar-refractivity contribution >= 4 is 11.7 Å². The Labute approximate surface area is 107 Å². The van der Waals surface area contributed by atoms with Gasteiger partial charge < -0.3 is 8.98 Å². The van der Waals surface area contributed by atoms with Crippen LogP contribution in [0.5, 0.6) is 0 Å². The van der Waals surface area contributed by atoms with Crippen molar-refractivity contribution in [3.05, 3.63) is 46.9 Å². The second-order valence-electron chi connectivity index (χ2n) is 3.77. The summed E-state index contributed by atoms with van der Waals surface area (Å²) < 4.78 is 15.2. The quantitative estimate of drug-likeness (QED) is 0.707. The summed E-state index contributed by atoms with van der Waals surface area (Å²) in [6.07, 6.45) is 3.39. The molecule has 0 spiro atoms. The molecule has 5 nitrogen and oxygen atoms in total. The Bertz CT molecular complexity index is 728. The van der Waals surface area contributed by atoms with Crippen LogP contribution in [0, 0.1) is 0 Å². The van der Waals surface area contributed by atoms with Crippen molar-refractivity contribution in [1.29, 1.82) is 0 Å². The van der Waals surface area contributed by atoms with E-state index in [1.807, 2.05) is 29.9 Å². The van der Waals surface area contributed by atoms with Crippen molar-refractivity contribution in [2.24, 2.45) is 7.05 Å². The Balaban J connectivity index is 2.23. The van der Waals surface area contributed by atoms with Crippen molar-refractivity contribution in [2.45, 2.75) is 0 Å². The number of aromatic nitrogens is 3. The van der Waals surface area contributed by atoms with Crippen LogP contribution in [0.4, 0.5) is 0 Å². The average molecular weight is 259 g/mol. The first kappa shape index (κ1) is 10.9. The fourth-order valence-corrected chi connectivity index (χ4v) is 2.29. The van der Waals surface area contributed by atoms with Gasteiger partial charge in [0.1, 0.15) is 0 Å². The van der Waals surface area contributed by atoms with Crippen LogP contribution in [0.2, 0.25) is 0 Å². The fourth-order valence-electron chi connectivity index (χ4n) is 1.74. The van der Waals surface area contributed by atoms with E-state index < -0.39 is 0 Å². The van der Waals surface area contributed by atoms with Crippen LogP contribution in [0.3, 0.4) is 0 Å². The number of nitrogens with zero attached hydrogens (tertiary/aromatic N) is 3. The topological polar surface area (TPSA) is 60.9 Å². The van der Waals surface area contributed by atoms with Gasteiger partial charge in [-0.25, -0.2) is 0 Å². The van der Waals surface area contributed by atoms with Crippen molar-refractivity contribution in [1.82, 2.24) is 13.3 Å². The van der Waals surface area contributed by atoms with E-state index >= 15 is 0 Å². The minimum atomic E-state index is -0.217. The average Bonchev–Trinajstić information content (AvgIpc) is 3.01. The highest BCUT2D eigenvalue weighted by Gasteiger charge is 2.15. The minimum Gasteiger partial charge on any atom is -0.463 e. The normalized spacial score (nSPS) is 10.7. The lowest BCUT2D eigenvalue weighted by Crippen LogP contribution is -2.11. The summed E-state index contributed by atoms with van der Waals surface area (Å²) in [5.74, 6) is 0.467. The molecule has 3 heterocycles. The van der Waals surface area contributed by atoms with E-state index in [1.54, 1.807) is 12.1 Å². The molecule has 90 valence electrons. The lowest BCUT2D eigenvalue weighted by Gasteiger charge is -2.01. The zero-order chi connectivity index (χ0) is 12.5. The van der Waals surface area contributed by atoms with Gasteiger partial charge in [-0.2, -0.15) is 8.75 Å². The lowest BCUT2D eigenvalue weighted by molar-refractivity contribution is 0.580. The molecule has 0 bridgehead atoms. The van der Waals surface area contributed by atoms with Gasteiger partial charge in [-0.15, -0.1) is 0 Å². The number of hydrogen-bond donors (Lipinski definition) is 0. The minimum absolute atomic E-state index is 0.217. The zero-order valence-corrected chi connectivity index (χ0v) is 10.3. The van der Waals surface area contributed by atoms with E-state index in [1.165, 1.54) is 6.26 Å². The van der Waals surface area contributed by atoms with Crippen LogP contribution < -0.4 is 5.43 Å². The van der Waals surface area contributed by atoms with Crippen molar-refractivity contribution in [2.75, 3.05) is 0 Å². The number of hydrogen-bond acceptors (Lipinski definition) is 5. The van der Waals surface area contributed by atoms with Gasteiger partial charge in [-0.05, 0) is 24.3 Å². The van der Waals surface area contributed by atoms with Gasteiger partial charge in [-0.3, -0.25) is 4.79 Å². The van der Waals surface area contributed by atoms with Crippen molar-refractivity contribution < 1.29 is 4.42 Å². The second-order valence-corrected chi connectivity index (χ2v) is 4.30. The Morgan fingerprint density at radius 3 is 2.72 bits per heavy atom. The van der Waals surface area contributed by atoms with Crippen LogP contribution in [-0.4, -0.2) is 13.3 Å². The smallest absolute Gasteiger partial charge is 0.237 e. The molecule has 3 aromatic rings. The molecule has 0 unspecified atom stereocenters. The molecule has 0 fully saturated rings. The van der Waals surface area contributed by atoms with Crippen LogP contribution in [-0.2, 0) is 7.05 Å². The van der Waals surface area contributed by atoms with Crippen LogP contribution in [0.1, 0.15) is 0 Å². The first-order valence-electron chi connectivity index (χ1n) is 5.30. The van der Waals surface area contributed by atoms with E-state index in [-0.39, 0.29) is 5.43 Å². The maximum Gasteiger partial charge on any atom is 0.237 e. The molecular weight excluding hydrogens is 250 g/mol. The number of furan rings is 1. The van der Waals surface area contributed by atoms with Crippen LogP contribution in [0.25, 0.3) is 22.8 Å². The summed E-state index contributed by atoms with van der Waals surface area (Å²) in [4.78, 5) is 12.3. The largest absolute Gasteiger partial charge is 0.463 e. The predicted octanol–water partition coefficient (Wildman–Crippen LogP) is 2.16. The SMILES string of the molecule is Cn1cccc1-c1nsnc(-c2ccco2)c1=O. The molecule has 0 atom stereocenters. The van der Waals surface area contributed by atoms with Gasteiger partial charge in [0, 0.05) is 13.2 Å². The Morgan fingerprint density at radius 2 is 2.06 bits per heavy atom. The van der Waals surface area contributed by atoms with Crippen molar-refractivity contribution in [3.63, 3.8) is 0 Å². The number of aryl methyl sites for hydroxylation is 1. The van der Waals surface area contributed by atoms with Gasteiger partial charge in [0.15, 0.2) is 17.1 Å². The van der Waals surface area contributed by atoms with Gasteiger partial charge in [0.05, 0.1) is 23.7 Å². The molecule has 6 heteroatoms. The Morgan fingerprint density at radius 1 is 1.22 bits per heavy atom. The molecule has 3 aromatic heterocycles. The predicted molar refractivity (Wildman–Crippen MR) is 68.3 cm³/mol. The highest BCUT2D eigenvalue weighted by Crippen LogP contribution is 2.18. The van der Waals surface area contributed by atoms with E-state index in [0.29, 0.717) is 17.1 Å². The maximum atomic E-state index is 12.3. The maximum absolute atomic E-state index is 12.3. The van der Waals surface area contributed by atoms with Gasteiger partial charge in [-0.1, -0.05) is 0 Å². The molecular formula is C12H9N3O2S. The summed E-state index contributed by atoms with van der Waals surface area (Å²) in [6, 6.07) is 7.16. The monoisotopic (exact) mass is 259 g/mol. The molecule has 0 radical (unpaired) electrons. The fraction of sp³-hybridized carbons (Fsp3) is 0.0833. The third kappa shape index (κ3) is 1.67. The Hall–Kier alpha value is -2.21. The molecule has 0 aliphatic heterocycles. The van der Waals surface area contributed by atoms with Crippen LogP contribution >= 0.6 is 11.7 Å². The van der Waals surface area contributed by atoms with Crippen molar-refractivity contribution in [3.8, 4) is 22.8 Å². The number of rotatable bonds is 2. The zero-order valence-electron chi connectivity index (χ0n) is 9.53. The van der Waals surface area contributed by atoms with E-state index in [9.17, 15) is 4.79 Å². The summed E-state index contributed by atoms with van der Waals surface area (Å²) in [5.41, 5.74) is 1.25. The highest BCUT2D eigenvalue weighted by atomic mass is 32.1. The Kier molecular flexibility index (Phi) is 2.56. The molecule has 0 N–H and O–H groups in total. The first-order valence-corrected chi connectivity index (χ1v) is 6.03.